The first-order valence-electron chi connectivity index (χ1n) is 2.63. The molecule has 0 atom stereocenters. The van der Waals surface area contributed by atoms with Crippen molar-refractivity contribution in [3.05, 3.63) is 22.2 Å². The molecule has 9 heavy (non-hydrogen) atoms. The van der Waals surface area contributed by atoms with Gasteiger partial charge >= 0.3 is 0 Å². The number of allylic oxidation sites excluding steroid dienone is 1. The van der Waals surface area contributed by atoms with Crippen LogP contribution < -0.4 is 0 Å². The molecule has 0 saturated carbocycles. The molecule has 46 valence electrons. The van der Waals surface area contributed by atoms with Crippen molar-refractivity contribution in [3.63, 3.8) is 0 Å². The van der Waals surface area contributed by atoms with E-state index in [1.165, 1.54) is 0 Å². The summed E-state index contributed by atoms with van der Waals surface area (Å²) in [5, 5.41) is 3.42. The van der Waals surface area contributed by atoms with Crippen LogP contribution in [0.2, 0.25) is 0 Å². The summed E-state index contributed by atoms with van der Waals surface area (Å²) >= 11 is 0. The third kappa shape index (κ3) is 1.30. The van der Waals surface area contributed by atoms with E-state index in [-0.39, 0.29) is 0 Å². The third-order valence-electron chi connectivity index (χ3n) is 1.04. The normalized spacial score (nSPS) is 16.1. The van der Waals surface area contributed by atoms with Crippen LogP contribution in [0.25, 0.3) is 10.4 Å². The Hall–Kier alpha value is -1.28. The van der Waals surface area contributed by atoms with Gasteiger partial charge in [0, 0.05) is 4.91 Å². The second-order valence-corrected chi connectivity index (χ2v) is 1.63. The molecule has 4 heteroatoms. The molecular formula is C5H6N4. The zero-order valence-electron chi connectivity index (χ0n) is 5.07. The van der Waals surface area contributed by atoms with E-state index in [1.807, 2.05) is 6.92 Å². The minimum absolute atomic E-state index is 0.664. The van der Waals surface area contributed by atoms with Gasteiger partial charge < -0.3 is 0 Å². The first kappa shape index (κ1) is 5.85. The van der Waals surface area contributed by atoms with E-state index in [4.69, 9.17) is 5.53 Å². The maximum absolute atomic E-state index is 8.01. The van der Waals surface area contributed by atoms with Gasteiger partial charge in [-0.2, -0.15) is 0 Å². The molecule has 0 aromatic rings. The predicted molar refractivity (Wildman–Crippen MR) is 35.2 cm³/mol. The standard InChI is InChI=1S/C5H6N4/c1-2-4(8-9-6)5-3-7-5/h2H,3H2,1H3/b4-2-. The van der Waals surface area contributed by atoms with Crippen molar-refractivity contribution in [2.75, 3.05) is 6.54 Å². The summed E-state index contributed by atoms with van der Waals surface area (Å²) in [6.45, 7) is 2.56. The Balaban J connectivity index is 2.71. The number of azide groups is 1. The monoisotopic (exact) mass is 122 g/mol. The highest BCUT2D eigenvalue weighted by molar-refractivity contribution is 6.09. The fourth-order valence-corrected chi connectivity index (χ4v) is 0.532. The highest BCUT2D eigenvalue weighted by atomic mass is 15.2. The molecule has 1 aliphatic rings. The Morgan fingerprint density at radius 3 is 3.00 bits per heavy atom. The predicted octanol–water partition coefficient (Wildman–Crippen LogP) is 1.66. The van der Waals surface area contributed by atoms with Crippen LogP contribution in [0.3, 0.4) is 0 Å². The van der Waals surface area contributed by atoms with Gasteiger partial charge in [-0.15, -0.1) is 0 Å². The minimum atomic E-state index is 0.664. The van der Waals surface area contributed by atoms with Crippen LogP contribution in [-0.2, 0) is 0 Å². The largest absolute Gasteiger partial charge is 0.281 e. The quantitative estimate of drug-likeness (QED) is 0.304. The number of hydrogen-bond acceptors (Lipinski definition) is 2. The van der Waals surface area contributed by atoms with E-state index in [0.29, 0.717) is 5.70 Å². The molecule has 1 rings (SSSR count). The number of rotatable bonds is 2. The summed E-state index contributed by atoms with van der Waals surface area (Å²) in [6, 6.07) is 0. The maximum atomic E-state index is 8.01. The number of nitrogens with zero attached hydrogens (tertiary/aromatic N) is 4. The highest BCUT2D eigenvalue weighted by Crippen LogP contribution is 2.10. The molecule has 0 amide bonds. The highest BCUT2D eigenvalue weighted by Gasteiger charge is 2.12. The summed E-state index contributed by atoms with van der Waals surface area (Å²) in [7, 11) is 0. The maximum Gasteiger partial charge on any atom is 0.0816 e. The van der Waals surface area contributed by atoms with Crippen molar-refractivity contribution >= 4 is 5.71 Å². The third-order valence-corrected chi connectivity index (χ3v) is 1.04. The van der Waals surface area contributed by atoms with Crippen LogP contribution in [0.5, 0.6) is 0 Å². The molecule has 1 heterocycles. The smallest absolute Gasteiger partial charge is 0.0816 e. The average Bonchev–Trinajstić information content (AvgIpc) is 2.64. The van der Waals surface area contributed by atoms with Gasteiger partial charge in [-0.3, -0.25) is 4.99 Å². The van der Waals surface area contributed by atoms with Crippen molar-refractivity contribution in [2.45, 2.75) is 6.92 Å². The lowest BCUT2D eigenvalue weighted by atomic mass is 10.3. The first-order valence-corrected chi connectivity index (χ1v) is 2.63. The van der Waals surface area contributed by atoms with Crippen molar-refractivity contribution in [3.8, 4) is 0 Å². The molecule has 1 aliphatic heterocycles. The minimum Gasteiger partial charge on any atom is -0.281 e. The van der Waals surface area contributed by atoms with Crippen LogP contribution in [0.4, 0.5) is 0 Å². The number of aliphatic imine (C=N–C) groups is 1. The van der Waals surface area contributed by atoms with Crippen LogP contribution in [0.1, 0.15) is 6.92 Å². The Morgan fingerprint density at radius 1 is 2.00 bits per heavy atom. The van der Waals surface area contributed by atoms with Gasteiger partial charge in [0.15, 0.2) is 0 Å². The van der Waals surface area contributed by atoms with Gasteiger partial charge in [-0.05, 0) is 12.5 Å². The topological polar surface area (TPSA) is 61.1 Å². The lowest BCUT2D eigenvalue weighted by Crippen LogP contribution is -1.83. The summed E-state index contributed by atoms with van der Waals surface area (Å²) in [5.74, 6) is 0. The van der Waals surface area contributed by atoms with Gasteiger partial charge in [0.05, 0.1) is 18.0 Å². The molecule has 0 unspecified atom stereocenters. The molecule has 0 spiro atoms. The average molecular weight is 122 g/mol. The molecule has 0 bridgehead atoms. The second-order valence-electron chi connectivity index (χ2n) is 1.63. The van der Waals surface area contributed by atoms with Crippen molar-refractivity contribution in [1.29, 1.82) is 0 Å². The SMILES string of the molecule is C/C=C(\N=[N+]=[N-])C1=NC1. The molecule has 0 aromatic heterocycles. The van der Waals surface area contributed by atoms with Gasteiger partial charge in [0.25, 0.3) is 0 Å². The molecule has 0 radical (unpaired) electrons. The zero-order chi connectivity index (χ0) is 6.69. The zero-order valence-corrected chi connectivity index (χ0v) is 5.07. The number of hydrogen-bond donors (Lipinski definition) is 0. The first-order chi connectivity index (χ1) is 4.38. The molecule has 0 aromatic carbocycles. The molecular weight excluding hydrogens is 116 g/mol. The molecule has 4 nitrogen and oxygen atoms in total. The van der Waals surface area contributed by atoms with Gasteiger partial charge in [-0.1, -0.05) is 11.2 Å². The Kier molecular flexibility index (Phi) is 1.51. The van der Waals surface area contributed by atoms with Crippen molar-refractivity contribution in [2.24, 2.45) is 10.1 Å². The van der Waals surface area contributed by atoms with Crippen LogP contribution in [0, 0.1) is 0 Å². The van der Waals surface area contributed by atoms with Gasteiger partial charge in [0.2, 0.25) is 0 Å². The summed E-state index contributed by atoms with van der Waals surface area (Å²) in [6.07, 6.45) is 1.76. The summed E-state index contributed by atoms with van der Waals surface area (Å²) in [4.78, 5) is 6.52. The lowest BCUT2D eigenvalue weighted by Gasteiger charge is -1.82. The van der Waals surface area contributed by atoms with Crippen LogP contribution >= 0.6 is 0 Å². The molecule has 0 fully saturated rings. The second kappa shape index (κ2) is 2.33. The van der Waals surface area contributed by atoms with E-state index in [0.717, 1.165) is 12.3 Å². The van der Waals surface area contributed by atoms with Crippen molar-refractivity contribution in [1.82, 2.24) is 0 Å². The lowest BCUT2D eigenvalue weighted by molar-refractivity contribution is 1.40. The Labute approximate surface area is 52.5 Å². The van der Waals surface area contributed by atoms with E-state index >= 15 is 0 Å². The van der Waals surface area contributed by atoms with E-state index in [1.54, 1.807) is 6.08 Å². The molecule has 0 N–H and O–H groups in total. The Bertz CT molecular complexity index is 215. The van der Waals surface area contributed by atoms with E-state index < -0.39 is 0 Å². The fourth-order valence-electron chi connectivity index (χ4n) is 0.532. The van der Waals surface area contributed by atoms with E-state index in [9.17, 15) is 0 Å². The van der Waals surface area contributed by atoms with Crippen LogP contribution in [-0.4, -0.2) is 12.3 Å². The fraction of sp³-hybridized carbons (Fsp3) is 0.400. The molecule has 0 aliphatic carbocycles. The van der Waals surface area contributed by atoms with Gasteiger partial charge in [0.1, 0.15) is 0 Å². The summed E-state index contributed by atoms with van der Waals surface area (Å²) in [5.41, 5.74) is 9.58. The van der Waals surface area contributed by atoms with Gasteiger partial charge in [-0.25, -0.2) is 0 Å². The van der Waals surface area contributed by atoms with Crippen LogP contribution in [0.15, 0.2) is 21.9 Å². The van der Waals surface area contributed by atoms with E-state index in [2.05, 4.69) is 15.0 Å². The Morgan fingerprint density at radius 2 is 2.67 bits per heavy atom. The molecule has 0 saturated heterocycles. The summed E-state index contributed by atoms with van der Waals surface area (Å²) < 4.78 is 0. The van der Waals surface area contributed by atoms with Crippen molar-refractivity contribution < 1.29 is 0 Å².